The van der Waals surface area contributed by atoms with Crippen LogP contribution in [-0.2, 0) is 16.0 Å². The van der Waals surface area contributed by atoms with Gasteiger partial charge in [-0.3, -0.25) is 4.79 Å². The highest BCUT2D eigenvalue weighted by molar-refractivity contribution is 5.77. The minimum atomic E-state index is -0.298. The zero-order valence-electron chi connectivity index (χ0n) is 13.8. The maximum absolute atomic E-state index is 13.0. The predicted molar refractivity (Wildman–Crippen MR) is 88.7 cm³/mol. The quantitative estimate of drug-likeness (QED) is 0.838. The number of hydrogen-bond acceptors (Lipinski definition) is 3. The Morgan fingerprint density at radius 3 is 2.75 bits per heavy atom. The van der Waals surface area contributed by atoms with Gasteiger partial charge in [0.25, 0.3) is 0 Å². The minimum absolute atomic E-state index is 0.263. The summed E-state index contributed by atoms with van der Waals surface area (Å²) in [6.45, 7) is 1.45. The van der Waals surface area contributed by atoms with E-state index >= 15 is 0 Å². The monoisotopic (exact) mass is 332 g/mol. The van der Waals surface area contributed by atoms with Crippen molar-refractivity contribution in [3.8, 4) is 0 Å². The average Bonchev–Trinajstić information content (AvgIpc) is 2.92. The molecular weight excluding hydrogens is 307 g/mol. The summed E-state index contributed by atoms with van der Waals surface area (Å²) < 4.78 is 19.0. The van der Waals surface area contributed by atoms with Crippen molar-refractivity contribution in [1.82, 2.24) is 5.32 Å². The van der Waals surface area contributed by atoms with Crippen LogP contribution in [-0.4, -0.2) is 31.2 Å². The summed E-state index contributed by atoms with van der Waals surface area (Å²) in [5.74, 6) is -0.243. The molecule has 1 aromatic rings. The summed E-state index contributed by atoms with van der Waals surface area (Å²) in [5, 5.41) is 3.64. The molecule has 130 valence electrons. The number of ether oxygens (including phenoxy) is 1. The van der Waals surface area contributed by atoms with Crippen LogP contribution in [0.1, 0.15) is 31.2 Å². The van der Waals surface area contributed by atoms with E-state index in [1.807, 2.05) is 0 Å². The van der Waals surface area contributed by atoms with Crippen molar-refractivity contribution in [2.45, 2.75) is 44.2 Å². The molecule has 3 aliphatic rings. The van der Waals surface area contributed by atoms with Gasteiger partial charge in [-0.05, 0) is 43.4 Å². The van der Waals surface area contributed by atoms with E-state index in [2.05, 4.69) is 5.32 Å². The van der Waals surface area contributed by atoms with Crippen molar-refractivity contribution >= 4 is 5.91 Å². The third-order valence-electron chi connectivity index (χ3n) is 6.42. The Morgan fingerprint density at radius 2 is 2.12 bits per heavy atom. The lowest BCUT2D eigenvalue weighted by Crippen LogP contribution is -2.71. The second-order valence-corrected chi connectivity index (χ2v) is 7.65. The second kappa shape index (κ2) is 6.12. The molecule has 4 unspecified atom stereocenters. The maximum atomic E-state index is 13.0. The van der Waals surface area contributed by atoms with Gasteiger partial charge in [0.1, 0.15) is 5.82 Å². The summed E-state index contributed by atoms with van der Waals surface area (Å²) >= 11 is 0. The standard InChI is InChI=1S/C19H25FN2O2/c20-14-4-2-12(3-5-14)10-13(18(21)23)11-22-16-15-6-9-24-17(15)19(16)7-1-8-19/h2-5,13,15-17,22H,1,6-11H2,(H2,21,23). The number of primary amides is 1. The van der Waals surface area contributed by atoms with Gasteiger partial charge in [0.15, 0.2) is 0 Å². The zero-order chi connectivity index (χ0) is 16.7. The molecule has 4 rings (SSSR count). The Labute approximate surface area is 141 Å². The van der Waals surface area contributed by atoms with Gasteiger partial charge in [-0.25, -0.2) is 4.39 Å². The van der Waals surface area contributed by atoms with Crippen LogP contribution >= 0.6 is 0 Å². The van der Waals surface area contributed by atoms with Crippen molar-refractivity contribution in [3.05, 3.63) is 35.6 Å². The summed E-state index contributed by atoms with van der Waals surface area (Å²) in [4.78, 5) is 11.8. The number of halogens is 1. The molecule has 0 bridgehead atoms. The predicted octanol–water partition coefficient (Wildman–Crippen LogP) is 2.02. The summed E-state index contributed by atoms with van der Waals surface area (Å²) in [7, 11) is 0. The average molecular weight is 332 g/mol. The Kier molecular flexibility index (Phi) is 4.09. The first kappa shape index (κ1) is 16.0. The Morgan fingerprint density at radius 1 is 1.38 bits per heavy atom. The third kappa shape index (κ3) is 2.54. The molecular formula is C19H25FN2O2. The van der Waals surface area contributed by atoms with Crippen LogP contribution in [0.3, 0.4) is 0 Å². The molecule has 24 heavy (non-hydrogen) atoms. The highest BCUT2D eigenvalue weighted by atomic mass is 19.1. The maximum Gasteiger partial charge on any atom is 0.222 e. The third-order valence-corrected chi connectivity index (χ3v) is 6.42. The molecule has 2 saturated carbocycles. The van der Waals surface area contributed by atoms with E-state index in [9.17, 15) is 9.18 Å². The summed E-state index contributed by atoms with van der Waals surface area (Å²) in [5.41, 5.74) is 6.85. The molecule has 0 aromatic heterocycles. The largest absolute Gasteiger partial charge is 0.377 e. The fourth-order valence-electron chi connectivity index (χ4n) is 5.01. The van der Waals surface area contributed by atoms with Crippen LogP contribution < -0.4 is 11.1 Å². The summed E-state index contributed by atoms with van der Waals surface area (Å²) in [6.07, 6.45) is 5.82. The van der Waals surface area contributed by atoms with Crippen LogP contribution in [0.2, 0.25) is 0 Å². The molecule has 1 saturated heterocycles. The minimum Gasteiger partial charge on any atom is -0.377 e. The number of benzene rings is 1. The number of hydrogen-bond donors (Lipinski definition) is 2. The van der Waals surface area contributed by atoms with E-state index in [-0.39, 0.29) is 17.6 Å². The fourth-order valence-corrected chi connectivity index (χ4v) is 5.01. The van der Waals surface area contributed by atoms with Crippen LogP contribution in [0.15, 0.2) is 24.3 Å². The number of rotatable bonds is 6. The highest BCUT2D eigenvalue weighted by Crippen LogP contribution is 2.62. The van der Waals surface area contributed by atoms with Gasteiger partial charge in [0.2, 0.25) is 5.91 Å². The SMILES string of the molecule is NC(=O)C(CNC1C2CCOC2C12CCC2)Cc1ccc(F)cc1. The molecule has 4 nitrogen and oxygen atoms in total. The number of nitrogens with one attached hydrogen (secondary N) is 1. The van der Waals surface area contributed by atoms with Crippen LogP contribution in [0.25, 0.3) is 0 Å². The molecule has 1 amide bonds. The molecule has 0 radical (unpaired) electrons. The molecule has 1 aromatic carbocycles. The van der Waals surface area contributed by atoms with Gasteiger partial charge in [0.05, 0.1) is 12.0 Å². The summed E-state index contributed by atoms with van der Waals surface area (Å²) in [6, 6.07) is 6.76. The van der Waals surface area contributed by atoms with Crippen molar-refractivity contribution in [3.63, 3.8) is 0 Å². The first-order valence-electron chi connectivity index (χ1n) is 8.99. The zero-order valence-corrected chi connectivity index (χ0v) is 13.8. The van der Waals surface area contributed by atoms with Gasteiger partial charge in [-0.1, -0.05) is 18.6 Å². The molecule has 1 spiro atoms. The Hall–Kier alpha value is -1.46. The first-order valence-corrected chi connectivity index (χ1v) is 8.99. The number of amides is 1. The van der Waals surface area contributed by atoms with Crippen molar-refractivity contribution in [1.29, 1.82) is 0 Å². The van der Waals surface area contributed by atoms with Crippen LogP contribution in [0.4, 0.5) is 4.39 Å². The molecule has 4 atom stereocenters. The Balaban J connectivity index is 1.39. The number of carbonyl (C=O) groups excluding carboxylic acids is 1. The van der Waals surface area contributed by atoms with Gasteiger partial charge in [-0.2, -0.15) is 0 Å². The van der Waals surface area contributed by atoms with Crippen LogP contribution in [0.5, 0.6) is 0 Å². The number of nitrogens with two attached hydrogens (primary N) is 1. The Bertz CT molecular complexity index is 614. The normalized spacial score (nSPS) is 31.1. The first-order chi connectivity index (χ1) is 11.6. The van der Waals surface area contributed by atoms with E-state index < -0.39 is 0 Å². The molecule has 3 fully saturated rings. The molecule has 2 aliphatic carbocycles. The van der Waals surface area contributed by atoms with Gasteiger partial charge < -0.3 is 15.8 Å². The van der Waals surface area contributed by atoms with Gasteiger partial charge in [-0.15, -0.1) is 0 Å². The van der Waals surface area contributed by atoms with Crippen LogP contribution in [0, 0.1) is 23.1 Å². The van der Waals surface area contributed by atoms with Gasteiger partial charge in [0, 0.05) is 30.5 Å². The number of carbonyl (C=O) groups is 1. The van der Waals surface area contributed by atoms with E-state index in [1.54, 1.807) is 12.1 Å². The molecule has 1 heterocycles. The van der Waals surface area contributed by atoms with E-state index in [4.69, 9.17) is 10.5 Å². The highest BCUT2D eigenvalue weighted by Gasteiger charge is 2.66. The topological polar surface area (TPSA) is 64.4 Å². The van der Waals surface area contributed by atoms with Crippen molar-refractivity contribution < 1.29 is 13.9 Å². The lowest BCUT2D eigenvalue weighted by molar-refractivity contribution is -0.176. The molecule has 5 heteroatoms. The lowest BCUT2D eigenvalue weighted by atomic mass is 9.46. The fraction of sp³-hybridized carbons (Fsp3) is 0.632. The lowest BCUT2D eigenvalue weighted by Gasteiger charge is -2.63. The smallest absolute Gasteiger partial charge is 0.222 e. The van der Waals surface area contributed by atoms with E-state index in [1.165, 1.54) is 31.4 Å². The number of fused-ring (bicyclic) bond motifs is 2. The second-order valence-electron chi connectivity index (χ2n) is 7.65. The molecule has 1 aliphatic heterocycles. The van der Waals surface area contributed by atoms with Gasteiger partial charge >= 0.3 is 0 Å². The van der Waals surface area contributed by atoms with Crippen molar-refractivity contribution in [2.24, 2.45) is 23.0 Å². The van der Waals surface area contributed by atoms with E-state index in [0.717, 1.165) is 18.6 Å². The van der Waals surface area contributed by atoms with Crippen molar-refractivity contribution in [2.75, 3.05) is 13.2 Å². The molecule has 3 N–H and O–H groups in total. The van der Waals surface area contributed by atoms with E-state index in [0.29, 0.717) is 36.4 Å².